The van der Waals surface area contributed by atoms with Gasteiger partial charge in [0.1, 0.15) is 11.7 Å². The summed E-state index contributed by atoms with van der Waals surface area (Å²) in [5.41, 5.74) is 0.0742. The molecule has 1 rings (SSSR count). The molecule has 0 bridgehead atoms. The zero-order valence-corrected chi connectivity index (χ0v) is 9.91. The minimum atomic E-state index is -2.59. The largest absolute Gasteiger partial charge is 0.480 e. The van der Waals surface area contributed by atoms with Gasteiger partial charge in [-0.1, -0.05) is 6.92 Å². The summed E-state index contributed by atoms with van der Waals surface area (Å²) in [6, 6.07) is -1.20. The molecule has 5 nitrogen and oxygen atoms in total. The second kappa shape index (κ2) is 6.29. The van der Waals surface area contributed by atoms with E-state index in [9.17, 15) is 8.78 Å². The van der Waals surface area contributed by atoms with Crippen LogP contribution in [0.2, 0.25) is 0 Å². The van der Waals surface area contributed by atoms with Crippen molar-refractivity contribution < 1.29 is 18.3 Å². The molecule has 0 aliphatic heterocycles. The Balaban J connectivity index is 3.09. The van der Waals surface area contributed by atoms with Crippen molar-refractivity contribution in [3.8, 4) is 11.8 Å². The number of methoxy groups -OCH3 is 2. The Labute approximate surface area is 98.2 Å². The summed E-state index contributed by atoms with van der Waals surface area (Å²) in [5.74, 6) is 0.255. The van der Waals surface area contributed by atoms with E-state index in [0.29, 0.717) is 6.54 Å². The molecule has 1 aromatic heterocycles. The Morgan fingerprint density at radius 3 is 2.53 bits per heavy atom. The quantitative estimate of drug-likeness (QED) is 0.823. The van der Waals surface area contributed by atoms with Gasteiger partial charge in [-0.05, 0) is 6.54 Å². The molecule has 1 aromatic rings. The third-order valence-corrected chi connectivity index (χ3v) is 2.12. The van der Waals surface area contributed by atoms with Crippen LogP contribution in [0.4, 0.5) is 8.78 Å². The van der Waals surface area contributed by atoms with Crippen LogP contribution in [0.15, 0.2) is 6.20 Å². The number of nitrogens with zero attached hydrogens (tertiary/aromatic N) is 2. The summed E-state index contributed by atoms with van der Waals surface area (Å²) >= 11 is 0. The van der Waals surface area contributed by atoms with Gasteiger partial charge in [0, 0.05) is 0 Å². The van der Waals surface area contributed by atoms with Crippen LogP contribution in [0.5, 0.6) is 11.8 Å². The molecule has 0 aromatic carbocycles. The zero-order valence-electron chi connectivity index (χ0n) is 9.91. The SMILES string of the molecule is CCNC(c1ncc(OC)nc1OC)C(F)F. The molecule has 0 saturated heterocycles. The van der Waals surface area contributed by atoms with Crippen molar-refractivity contribution in [3.63, 3.8) is 0 Å². The predicted molar refractivity (Wildman–Crippen MR) is 57.6 cm³/mol. The molecule has 0 radical (unpaired) electrons. The van der Waals surface area contributed by atoms with E-state index < -0.39 is 12.5 Å². The van der Waals surface area contributed by atoms with Gasteiger partial charge in [0.05, 0.1) is 20.4 Å². The number of alkyl halides is 2. The van der Waals surface area contributed by atoms with Crippen molar-refractivity contribution in [1.82, 2.24) is 15.3 Å². The minimum absolute atomic E-state index is 0.0376. The Morgan fingerprint density at radius 2 is 2.06 bits per heavy atom. The van der Waals surface area contributed by atoms with E-state index >= 15 is 0 Å². The van der Waals surface area contributed by atoms with Gasteiger partial charge in [0.2, 0.25) is 11.8 Å². The molecule has 0 saturated carbocycles. The molecule has 17 heavy (non-hydrogen) atoms. The van der Waals surface area contributed by atoms with Gasteiger partial charge in [-0.15, -0.1) is 0 Å². The first-order valence-corrected chi connectivity index (χ1v) is 5.10. The first kappa shape index (κ1) is 13.6. The van der Waals surface area contributed by atoms with Gasteiger partial charge in [0.25, 0.3) is 6.43 Å². The zero-order chi connectivity index (χ0) is 12.8. The van der Waals surface area contributed by atoms with Crippen LogP contribution in [-0.4, -0.2) is 37.2 Å². The number of hydrogen-bond acceptors (Lipinski definition) is 5. The highest BCUT2D eigenvalue weighted by Crippen LogP contribution is 2.27. The van der Waals surface area contributed by atoms with Crippen LogP contribution < -0.4 is 14.8 Å². The normalized spacial score (nSPS) is 12.6. The summed E-state index contributed by atoms with van der Waals surface area (Å²) in [6.07, 6.45) is -1.31. The smallest absolute Gasteiger partial charge is 0.259 e. The third-order valence-electron chi connectivity index (χ3n) is 2.12. The first-order valence-electron chi connectivity index (χ1n) is 5.10. The highest BCUT2D eigenvalue weighted by molar-refractivity contribution is 5.26. The van der Waals surface area contributed by atoms with Crippen LogP contribution in [-0.2, 0) is 0 Å². The highest BCUT2D eigenvalue weighted by atomic mass is 19.3. The summed E-state index contributed by atoms with van der Waals surface area (Å²) < 4.78 is 35.5. The average molecular weight is 247 g/mol. The number of halogens is 2. The van der Waals surface area contributed by atoms with Crippen LogP contribution in [0.1, 0.15) is 18.7 Å². The summed E-state index contributed by atoms with van der Waals surface area (Å²) in [6.45, 7) is 2.13. The van der Waals surface area contributed by atoms with Crippen molar-refractivity contribution in [2.75, 3.05) is 20.8 Å². The van der Waals surface area contributed by atoms with Crippen molar-refractivity contribution in [1.29, 1.82) is 0 Å². The molecule has 0 fully saturated rings. The molecule has 0 amide bonds. The van der Waals surface area contributed by atoms with Gasteiger partial charge >= 0.3 is 0 Å². The summed E-state index contributed by atoms with van der Waals surface area (Å²) in [7, 11) is 2.76. The Kier molecular flexibility index (Phi) is 5.02. The molecule has 0 aliphatic rings. The lowest BCUT2D eigenvalue weighted by molar-refractivity contribution is 0.0954. The van der Waals surface area contributed by atoms with E-state index in [0.717, 1.165) is 0 Å². The van der Waals surface area contributed by atoms with Gasteiger partial charge in [-0.3, -0.25) is 0 Å². The number of hydrogen-bond donors (Lipinski definition) is 1. The van der Waals surface area contributed by atoms with E-state index in [1.807, 2.05) is 0 Å². The number of ether oxygens (including phenoxy) is 2. The van der Waals surface area contributed by atoms with Crippen molar-refractivity contribution in [2.24, 2.45) is 0 Å². The fourth-order valence-electron chi connectivity index (χ4n) is 1.35. The lowest BCUT2D eigenvalue weighted by Crippen LogP contribution is -2.28. The topological polar surface area (TPSA) is 56.3 Å². The van der Waals surface area contributed by atoms with Crippen molar-refractivity contribution in [2.45, 2.75) is 19.4 Å². The molecule has 0 spiro atoms. The van der Waals surface area contributed by atoms with Gasteiger partial charge in [0.15, 0.2) is 0 Å². The second-order valence-electron chi connectivity index (χ2n) is 3.18. The molecule has 1 heterocycles. The molecular formula is C10H15F2N3O2. The highest BCUT2D eigenvalue weighted by Gasteiger charge is 2.27. The molecule has 1 unspecified atom stereocenters. The van der Waals surface area contributed by atoms with E-state index in [1.54, 1.807) is 6.92 Å². The number of rotatable bonds is 6. The fraction of sp³-hybridized carbons (Fsp3) is 0.600. The molecule has 1 N–H and O–H groups in total. The monoisotopic (exact) mass is 247 g/mol. The van der Waals surface area contributed by atoms with Crippen LogP contribution in [0, 0.1) is 0 Å². The van der Waals surface area contributed by atoms with E-state index in [-0.39, 0.29) is 17.5 Å². The molecule has 96 valence electrons. The maximum atomic E-state index is 12.9. The van der Waals surface area contributed by atoms with Crippen molar-refractivity contribution >= 4 is 0 Å². The Morgan fingerprint density at radius 1 is 1.35 bits per heavy atom. The Bertz CT molecular complexity index is 363. The van der Waals surface area contributed by atoms with Crippen molar-refractivity contribution in [3.05, 3.63) is 11.9 Å². The van der Waals surface area contributed by atoms with Gasteiger partial charge in [-0.2, -0.15) is 4.98 Å². The van der Waals surface area contributed by atoms with E-state index in [2.05, 4.69) is 15.3 Å². The van der Waals surface area contributed by atoms with Gasteiger partial charge in [-0.25, -0.2) is 13.8 Å². The molecule has 0 aliphatic carbocycles. The lowest BCUT2D eigenvalue weighted by Gasteiger charge is -2.18. The first-order chi connectivity index (χ1) is 8.13. The number of nitrogens with one attached hydrogen (secondary N) is 1. The van der Waals surface area contributed by atoms with E-state index in [4.69, 9.17) is 9.47 Å². The van der Waals surface area contributed by atoms with E-state index in [1.165, 1.54) is 20.4 Å². The van der Waals surface area contributed by atoms with Crippen LogP contribution in [0.25, 0.3) is 0 Å². The average Bonchev–Trinajstić information content (AvgIpc) is 2.35. The standard InChI is InChI=1S/C10H15F2N3O2/c1-4-13-7(9(11)12)8-10(17-3)15-6(16-2)5-14-8/h5,7,9,13H,4H2,1-3H3. The molecule has 7 heteroatoms. The second-order valence-corrected chi connectivity index (χ2v) is 3.18. The van der Waals surface area contributed by atoms with Crippen LogP contribution in [0.3, 0.4) is 0 Å². The summed E-state index contributed by atoms with van der Waals surface area (Å²) in [4.78, 5) is 7.82. The number of aromatic nitrogens is 2. The van der Waals surface area contributed by atoms with Gasteiger partial charge < -0.3 is 14.8 Å². The van der Waals surface area contributed by atoms with Crippen LogP contribution >= 0.6 is 0 Å². The third kappa shape index (κ3) is 3.23. The minimum Gasteiger partial charge on any atom is -0.480 e. The fourth-order valence-corrected chi connectivity index (χ4v) is 1.35. The summed E-state index contributed by atoms with van der Waals surface area (Å²) in [5, 5.41) is 2.64. The maximum Gasteiger partial charge on any atom is 0.259 e. The maximum absolute atomic E-state index is 12.9. The molecular weight excluding hydrogens is 232 g/mol. The lowest BCUT2D eigenvalue weighted by atomic mass is 10.2. The predicted octanol–water partition coefficient (Wildman–Crippen LogP) is 1.41. The Hall–Kier alpha value is -1.50. The molecule has 1 atom stereocenters.